The summed E-state index contributed by atoms with van der Waals surface area (Å²) in [5.74, 6) is -0.833. The molecular formula is C38H62O8S. The summed E-state index contributed by atoms with van der Waals surface area (Å²) >= 11 is 1.55. The van der Waals surface area contributed by atoms with Crippen LogP contribution in [0.15, 0.2) is 24.3 Å². The van der Waals surface area contributed by atoms with Gasteiger partial charge in [0.25, 0.3) is 0 Å². The molecule has 0 aliphatic rings. The van der Waals surface area contributed by atoms with Gasteiger partial charge in [0, 0.05) is 11.5 Å². The number of phenolic OH excluding ortho intramolecular Hbond substituents is 2. The van der Waals surface area contributed by atoms with Crippen molar-refractivity contribution < 1.29 is 40.2 Å². The molecular weight excluding hydrogens is 616 g/mol. The number of aliphatic hydroxyl groups is 2. The molecule has 0 amide bonds. The maximum atomic E-state index is 11.2. The van der Waals surface area contributed by atoms with E-state index in [9.17, 15) is 30.0 Å². The molecule has 2 aromatic carbocycles. The molecule has 0 spiro atoms. The zero-order chi connectivity index (χ0) is 37.3. The van der Waals surface area contributed by atoms with Crippen LogP contribution < -0.4 is 0 Å². The largest absolute Gasteiger partial charge is 0.507 e. The van der Waals surface area contributed by atoms with Crippen LogP contribution in [0.25, 0.3) is 0 Å². The molecule has 0 aliphatic carbocycles. The van der Waals surface area contributed by atoms with Gasteiger partial charge in [-0.25, -0.2) is 0 Å². The monoisotopic (exact) mass is 678 g/mol. The number of rotatable bonds is 8. The highest BCUT2D eigenvalue weighted by Crippen LogP contribution is 2.42. The van der Waals surface area contributed by atoms with Gasteiger partial charge in [-0.15, -0.1) is 0 Å². The van der Waals surface area contributed by atoms with E-state index in [0.29, 0.717) is 0 Å². The van der Waals surface area contributed by atoms with Gasteiger partial charge in [-0.3, -0.25) is 9.59 Å². The minimum atomic E-state index is -0.851. The minimum Gasteiger partial charge on any atom is -0.507 e. The summed E-state index contributed by atoms with van der Waals surface area (Å²) in [6.45, 7) is 28.0. The average Bonchev–Trinajstić information content (AvgIpc) is 2.90. The smallest absolute Gasteiger partial charge is 0.310 e. The van der Waals surface area contributed by atoms with Crippen molar-refractivity contribution in [2.24, 2.45) is 0 Å². The highest BCUT2D eigenvalue weighted by Gasteiger charge is 2.30. The molecule has 0 saturated heterocycles. The first-order valence-corrected chi connectivity index (χ1v) is 17.3. The van der Waals surface area contributed by atoms with Crippen molar-refractivity contribution in [3.8, 4) is 11.5 Å². The van der Waals surface area contributed by atoms with E-state index in [4.69, 9.17) is 10.2 Å². The summed E-state index contributed by atoms with van der Waals surface area (Å²) in [4.78, 5) is 22.5. The van der Waals surface area contributed by atoms with Crippen LogP contribution in [-0.4, -0.2) is 67.3 Å². The Morgan fingerprint density at radius 2 is 0.766 bits per heavy atom. The number of carboxylic acid groups (broad SMARTS) is 2. The number of aromatic hydroxyl groups is 2. The van der Waals surface area contributed by atoms with Crippen LogP contribution >= 0.6 is 11.8 Å². The Hall–Kier alpha value is -2.75. The molecule has 2 rings (SSSR count). The van der Waals surface area contributed by atoms with Crippen molar-refractivity contribution in [3.63, 3.8) is 0 Å². The van der Waals surface area contributed by atoms with Crippen LogP contribution in [-0.2, 0) is 31.2 Å². The van der Waals surface area contributed by atoms with Crippen LogP contribution in [0.2, 0.25) is 0 Å². The lowest BCUT2D eigenvalue weighted by Gasteiger charge is -2.28. The normalized spacial score (nSPS) is 13.4. The van der Waals surface area contributed by atoms with Gasteiger partial charge in [-0.05, 0) is 68.9 Å². The third kappa shape index (κ3) is 13.7. The topological polar surface area (TPSA) is 156 Å². The molecule has 2 atom stereocenters. The van der Waals surface area contributed by atoms with E-state index in [0.717, 1.165) is 44.9 Å². The van der Waals surface area contributed by atoms with Gasteiger partial charge in [0.15, 0.2) is 0 Å². The Kier molecular flexibility index (Phi) is 16.6. The Morgan fingerprint density at radius 3 is 0.915 bits per heavy atom. The Balaban J connectivity index is 0.000000750. The number of phenols is 2. The summed E-state index contributed by atoms with van der Waals surface area (Å²) < 4.78 is 0. The van der Waals surface area contributed by atoms with Crippen molar-refractivity contribution >= 4 is 23.7 Å². The SMILES string of the molecule is CC(C(=O)O)c1cc(C(C)(C)C)c(O)c(C(C)(C)C)c1.CC(C(=O)O)c1cc(C(C)(C)C)c(O)c(C(C)(C)C)c1.OCCSCCO. The summed E-state index contributed by atoms with van der Waals surface area (Å²) in [6, 6.07) is 7.29. The van der Waals surface area contributed by atoms with Gasteiger partial charge in [0.1, 0.15) is 11.5 Å². The second kappa shape index (κ2) is 17.6. The van der Waals surface area contributed by atoms with Gasteiger partial charge < -0.3 is 30.6 Å². The zero-order valence-electron chi connectivity index (χ0n) is 31.2. The fourth-order valence-corrected chi connectivity index (χ4v) is 5.08. The number of carbonyl (C=O) groups is 2. The molecule has 8 nitrogen and oxygen atoms in total. The molecule has 0 heterocycles. The first-order chi connectivity index (χ1) is 21.1. The number of hydrogen-bond donors (Lipinski definition) is 6. The van der Waals surface area contributed by atoms with Crippen LogP contribution in [0.3, 0.4) is 0 Å². The van der Waals surface area contributed by atoms with E-state index in [-0.39, 0.29) is 46.4 Å². The van der Waals surface area contributed by atoms with Gasteiger partial charge >= 0.3 is 11.9 Å². The second-order valence-corrected chi connectivity index (χ2v) is 17.3. The van der Waals surface area contributed by atoms with Crippen molar-refractivity contribution in [1.82, 2.24) is 0 Å². The maximum absolute atomic E-state index is 11.2. The lowest BCUT2D eigenvalue weighted by atomic mass is 9.77. The molecule has 9 heteroatoms. The van der Waals surface area contributed by atoms with E-state index in [1.54, 1.807) is 25.6 Å². The Bertz CT molecular complexity index is 1150. The van der Waals surface area contributed by atoms with Gasteiger partial charge in [0.2, 0.25) is 0 Å². The van der Waals surface area contributed by atoms with Gasteiger partial charge in [-0.2, -0.15) is 11.8 Å². The molecule has 0 fully saturated rings. The van der Waals surface area contributed by atoms with E-state index < -0.39 is 23.8 Å². The number of benzene rings is 2. The fourth-order valence-electron chi connectivity index (χ4n) is 4.62. The molecule has 0 aliphatic heterocycles. The summed E-state index contributed by atoms with van der Waals surface area (Å²) in [7, 11) is 0. The summed E-state index contributed by atoms with van der Waals surface area (Å²) in [5, 5.41) is 56.0. The zero-order valence-corrected chi connectivity index (χ0v) is 32.0. The summed E-state index contributed by atoms with van der Waals surface area (Å²) in [5.41, 5.74) is 3.73. The van der Waals surface area contributed by atoms with Crippen molar-refractivity contribution in [3.05, 3.63) is 57.6 Å². The number of hydrogen-bond acceptors (Lipinski definition) is 7. The highest BCUT2D eigenvalue weighted by molar-refractivity contribution is 7.99. The maximum Gasteiger partial charge on any atom is 0.310 e. The fraction of sp³-hybridized carbons (Fsp3) is 0.632. The molecule has 0 saturated carbocycles. The second-order valence-electron chi connectivity index (χ2n) is 16.1. The lowest BCUT2D eigenvalue weighted by Crippen LogP contribution is -2.19. The van der Waals surface area contributed by atoms with Gasteiger partial charge in [-0.1, -0.05) is 107 Å². The van der Waals surface area contributed by atoms with Gasteiger partial charge in [0.05, 0.1) is 25.0 Å². The standard InChI is InChI=1S/2C17H26O3.C4H10O2S/c2*1-10(15(19)20)11-8-12(16(2,3)4)14(18)13(9-11)17(5,6)7;5-1-3-7-4-2-6/h2*8-10,18H,1-7H3,(H,19,20);5-6H,1-4H2. The molecule has 2 unspecified atom stereocenters. The minimum absolute atomic E-state index is 0.213. The van der Waals surface area contributed by atoms with E-state index in [2.05, 4.69) is 0 Å². The highest BCUT2D eigenvalue weighted by atomic mass is 32.2. The van der Waals surface area contributed by atoms with Crippen LogP contribution in [0.5, 0.6) is 11.5 Å². The number of aliphatic hydroxyl groups excluding tert-OH is 2. The first-order valence-electron chi connectivity index (χ1n) is 16.1. The lowest BCUT2D eigenvalue weighted by molar-refractivity contribution is -0.139. The third-order valence-corrected chi connectivity index (χ3v) is 8.65. The predicted octanol–water partition coefficient (Wildman–Crippen LogP) is 8.05. The summed E-state index contributed by atoms with van der Waals surface area (Å²) in [6.07, 6.45) is 0. The molecule has 0 aromatic heterocycles. The van der Waals surface area contributed by atoms with Crippen LogP contribution in [0, 0.1) is 0 Å². The molecule has 0 bridgehead atoms. The molecule has 6 N–H and O–H groups in total. The number of thioether (sulfide) groups is 1. The molecule has 268 valence electrons. The molecule has 2 aromatic rings. The first kappa shape index (κ1) is 44.2. The van der Waals surface area contributed by atoms with Crippen molar-refractivity contribution in [1.29, 1.82) is 0 Å². The van der Waals surface area contributed by atoms with E-state index in [1.165, 1.54) is 0 Å². The van der Waals surface area contributed by atoms with Crippen LogP contribution in [0.4, 0.5) is 0 Å². The van der Waals surface area contributed by atoms with Crippen LogP contribution in [0.1, 0.15) is 142 Å². The Labute approximate surface area is 287 Å². The molecule has 0 radical (unpaired) electrons. The quantitative estimate of drug-likeness (QED) is 0.152. The average molecular weight is 679 g/mol. The van der Waals surface area contributed by atoms with E-state index >= 15 is 0 Å². The van der Waals surface area contributed by atoms with Crippen molar-refractivity contribution in [2.45, 2.75) is 130 Å². The van der Waals surface area contributed by atoms with Crippen molar-refractivity contribution in [2.75, 3.05) is 24.7 Å². The van der Waals surface area contributed by atoms with E-state index in [1.807, 2.05) is 107 Å². The number of carboxylic acids is 2. The number of aliphatic carboxylic acids is 2. The molecule has 47 heavy (non-hydrogen) atoms. The third-order valence-electron chi connectivity index (χ3n) is 7.71. The Morgan fingerprint density at radius 1 is 0.553 bits per heavy atom. The predicted molar refractivity (Wildman–Crippen MR) is 195 cm³/mol.